The fourth-order valence-electron chi connectivity index (χ4n) is 2.40. The number of hydrogen-bond donors (Lipinski definition) is 1. The maximum atomic E-state index is 12.2. The van der Waals surface area contributed by atoms with Gasteiger partial charge in [-0.25, -0.2) is 0 Å². The van der Waals surface area contributed by atoms with Gasteiger partial charge in [-0.1, -0.05) is 46.3 Å². The number of H-pyrrole nitrogens is 1. The summed E-state index contributed by atoms with van der Waals surface area (Å²) in [6.45, 7) is 1.70. The predicted molar refractivity (Wildman–Crippen MR) is 100 cm³/mol. The molecular weight excluding hydrogens is 380 g/mol. The Morgan fingerprint density at radius 1 is 1.04 bits per heavy atom. The second-order valence-electron chi connectivity index (χ2n) is 5.33. The minimum atomic E-state index is -0.429. The van der Waals surface area contributed by atoms with E-state index in [1.807, 2.05) is 60.7 Å². The van der Waals surface area contributed by atoms with E-state index in [2.05, 4.69) is 31.1 Å². The minimum absolute atomic E-state index is 0.0458. The Morgan fingerprint density at radius 3 is 2.36 bits per heavy atom. The lowest BCUT2D eigenvalue weighted by Gasteiger charge is -2.09. The number of hydrogen-bond acceptors (Lipinski definition) is 4. The minimum Gasteiger partial charge on any atom is -0.319 e. The van der Waals surface area contributed by atoms with Crippen LogP contribution in [0.1, 0.15) is 11.1 Å². The number of nitriles is 1. The molecule has 5 nitrogen and oxygen atoms in total. The molecule has 2 aromatic carbocycles. The average molecular weight is 393 g/mol. The third-order valence-corrected chi connectivity index (χ3v) is 4.23. The lowest BCUT2D eigenvalue weighted by atomic mass is 10.0. The average Bonchev–Trinajstić information content (AvgIpc) is 2.63. The Labute approximate surface area is 152 Å². The Hall–Kier alpha value is -3.04. The van der Waals surface area contributed by atoms with Gasteiger partial charge >= 0.3 is 0 Å². The van der Waals surface area contributed by atoms with Gasteiger partial charge in [-0.3, -0.25) is 4.79 Å². The van der Waals surface area contributed by atoms with Crippen molar-refractivity contribution in [3.8, 4) is 17.3 Å². The highest BCUT2D eigenvalue weighted by atomic mass is 79.9. The van der Waals surface area contributed by atoms with Gasteiger partial charge in [0.2, 0.25) is 0 Å². The molecule has 3 aromatic rings. The van der Waals surface area contributed by atoms with Crippen molar-refractivity contribution in [2.24, 2.45) is 10.2 Å². The topological polar surface area (TPSA) is 81.4 Å². The zero-order valence-corrected chi connectivity index (χ0v) is 14.9. The zero-order chi connectivity index (χ0) is 17.8. The highest BCUT2D eigenvalue weighted by Crippen LogP contribution is 2.33. The number of azo groups is 1. The van der Waals surface area contributed by atoms with Crippen LogP contribution in [-0.2, 0) is 0 Å². The van der Waals surface area contributed by atoms with E-state index < -0.39 is 5.56 Å². The van der Waals surface area contributed by atoms with Gasteiger partial charge in [-0.05, 0) is 31.2 Å². The van der Waals surface area contributed by atoms with Gasteiger partial charge in [-0.15, -0.1) is 5.11 Å². The Balaban J connectivity index is 2.18. The molecule has 0 radical (unpaired) electrons. The van der Waals surface area contributed by atoms with Crippen LogP contribution in [0.25, 0.3) is 11.3 Å². The Bertz CT molecular complexity index is 1030. The summed E-state index contributed by atoms with van der Waals surface area (Å²) in [6.07, 6.45) is 0. The highest BCUT2D eigenvalue weighted by molar-refractivity contribution is 9.10. The smallest absolute Gasteiger partial charge is 0.266 e. The first-order chi connectivity index (χ1) is 12.1. The summed E-state index contributed by atoms with van der Waals surface area (Å²) >= 11 is 3.37. The molecule has 0 aliphatic carbocycles. The lowest BCUT2D eigenvalue weighted by Crippen LogP contribution is -2.13. The van der Waals surface area contributed by atoms with Crippen LogP contribution in [0.5, 0.6) is 0 Å². The Kier molecular flexibility index (Phi) is 4.87. The molecule has 25 heavy (non-hydrogen) atoms. The molecule has 0 aliphatic heterocycles. The molecule has 0 aliphatic rings. The quantitative estimate of drug-likeness (QED) is 0.605. The molecule has 122 valence electrons. The first kappa shape index (κ1) is 16.8. The number of pyridine rings is 1. The summed E-state index contributed by atoms with van der Waals surface area (Å²) in [5, 5.41) is 17.8. The van der Waals surface area contributed by atoms with Gasteiger partial charge in [-0.2, -0.15) is 10.4 Å². The standard InChI is InChI=1S/C19H13BrN4O/c1-12-16(11-21)19(25)22-18(13-5-3-2-4-6-13)17(12)24-23-15-9-7-14(20)8-10-15/h2-10H,1H3,(H,22,25). The van der Waals surface area contributed by atoms with E-state index in [0.29, 0.717) is 22.6 Å². The van der Waals surface area contributed by atoms with E-state index in [-0.39, 0.29) is 5.56 Å². The van der Waals surface area contributed by atoms with Crippen LogP contribution in [-0.4, -0.2) is 4.98 Å². The van der Waals surface area contributed by atoms with E-state index >= 15 is 0 Å². The largest absolute Gasteiger partial charge is 0.319 e. The Morgan fingerprint density at radius 2 is 1.72 bits per heavy atom. The second kappa shape index (κ2) is 7.24. The van der Waals surface area contributed by atoms with Crippen LogP contribution >= 0.6 is 15.9 Å². The maximum absolute atomic E-state index is 12.2. The first-order valence-corrected chi connectivity index (χ1v) is 8.29. The van der Waals surface area contributed by atoms with Crippen LogP contribution in [0.3, 0.4) is 0 Å². The third kappa shape index (κ3) is 3.57. The molecular formula is C19H13BrN4O. The summed E-state index contributed by atoms with van der Waals surface area (Å²) in [6, 6.07) is 18.7. The van der Waals surface area contributed by atoms with Gasteiger partial charge in [0.05, 0.1) is 11.4 Å². The number of nitrogens with zero attached hydrogens (tertiary/aromatic N) is 3. The van der Waals surface area contributed by atoms with Crippen LogP contribution < -0.4 is 5.56 Å². The van der Waals surface area contributed by atoms with Gasteiger partial charge < -0.3 is 4.98 Å². The van der Waals surface area contributed by atoms with Crippen molar-refractivity contribution in [1.82, 2.24) is 4.98 Å². The molecule has 1 aromatic heterocycles. The molecule has 0 saturated carbocycles. The second-order valence-corrected chi connectivity index (χ2v) is 6.25. The van der Waals surface area contributed by atoms with E-state index in [1.54, 1.807) is 6.92 Å². The molecule has 1 N–H and O–H groups in total. The number of rotatable bonds is 3. The summed E-state index contributed by atoms with van der Waals surface area (Å²) in [4.78, 5) is 14.9. The summed E-state index contributed by atoms with van der Waals surface area (Å²) in [5.74, 6) is 0. The van der Waals surface area contributed by atoms with Gasteiger partial charge in [0.1, 0.15) is 17.3 Å². The fourth-order valence-corrected chi connectivity index (χ4v) is 2.66. The molecule has 0 bridgehead atoms. The van der Waals surface area contributed by atoms with Crippen molar-refractivity contribution >= 4 is 27.3 Å². The monoisotopic (exact) mass is 392 g/mol. The molecule has 0 amide bonds. The molecule has 6 heteroatoms. The van der Waals surface area contributed by atoms with Crippen LogP contribution in [0.2, 0.25) is 0 Å². The van der Waals surface area contributed by atoms with E-state index in [0.717, 1.165) is 10.0 Å². The number of halogens is 1. The fraction of sp³-hybridized carbons (Fsp3) is 0.0526. The molecule has 0 unspecified atom stereocenters. The number of nitrogens with one attached hydrogen (secondary N) is 1. The maximum Gasteiger partial charge on any atom is 0.266 e. The SMILES string of the molecule is Cc1c(N=Nc2ccc(Br)cc2)c(-c2ccccc2)[nH]c(=O)c1C#N. The molecule has 1 heterocycles. The van der Waals surface area contributed by atoms with E-state index in [1.165, 1.54) is 0 Å². The number of aromatic nitrogens is 1. The molecule has 3 rings (SSSR count). The normalized spacial score (nSPS) is 10.8. The first-order valence-electron chi connectivity index (χ1n) is 7.50. The van der Waals surface area contributed by atoms with E-state index in [4.69, 9.17) is 0 Å². The van der Waals surface area contributed by atoms with Crippen molar-refractivity contribution in [2.45, 2.75) is 6.92 Å². The van der Waals surface area contributed by atoms with Gasteiger partial charge in [0, 0.05) is 15.6 Å². The van der Waals surface area contributed by atoms with E-state index in [9.17, 15) is 10.1 Å². The van der Waals surface area contributed by atoms with Crippen molar-refractivity contribution in [2.75, 3.05) is 0 Å². The summed E-state index contributed by atoms with van der Waals surface area (Å²) in [7, 11) is 0. The van der Waals surface area contributed by atoms with Crippen molar-refractivity contribution < 1.29 is 0 Å². The zero-order valence-electron chi connectivity index (χ0n) is 13.3. The van der Waals surface area contributed by atoms with Crippen molar-refractivity contribution in [3.63, 3.8) is 0 Å². The highest BCUT2D eigenvalue weighted by Gasteiger charge is 2.15. The number of aromatic amines is 1. The predicted octanol–water partition coefficient (Wildman–Crippen LogP) is 5.40. The third-order valence-electron chi connectivity index (χ3n) is 3.70. The number of benzene rings is 2. The van der Waals surface area contributed by atoms with Crippen molar-refractivity contribution in [1.29, 1.82) is 5.26 Å². The summed E-state index contributed by atoms with van der Waals surface area (Å²) in [5.41, 5.74) is 2.62. The lowest BCUT2D eigenvalue weighted by molar-refractivity contribution is 1.13. The van der Waals surface area contributed by atoms with Crippen LogP contribution in [0.4, 0.5) is 11.4 Å². The molecule has 0 fully saturated rings. The van der Waals surface area contributed by atoms with Crippen LogP contribution in [0.15, 0.2) is 74.1 Å². The van der Waals surface area contributed by atoms with Gasteiger partial charge in [0.15, 0.2) is 0 Å². The summed E-state index contributed by atoms with van der Waals surface area (Å²) < 4.78 is 0.948. The molecule has 0 saturated heterocycles. The molecule has 0 atom stereocenters. The van der Waals surface area contributed by atoms with Gasteiger partial charge in [0.25, 0.3) is 5.56 Å². The van der Waals surface area contributed by atoms with Crippen molar-refractivity contribution in [3.05, 3.63) is 80.6 Å². The van der Waals surface area contributed by atoms with Crippen LogP contribution in [0, 0.1) is 18.3 Å². The molecule has 0 spiro atoms.